The zero-order chi connectivity index (χ0) is 14.5. The summed E-state index contributed by atoms with van der Waals surface area (Å²) < 4.78 is 9.94. The van der Waals surface area contributed by atoms with E-state index in [4.69, 9.17) is 15.2 Å². The van der Waals surface area contributed by atoms with Crippen LogP contribution in [0.25, 0.3) is 11.0 Å². The molecular weight excluding hydrogens is 262 g/mol. The van der Waals surface area contributed by atoms with Crippen LogP contribution >= 0.6 is 0 Å². The molecule has 0 bridgehead atoms. The number of fused-ring (bicyclic) bond motifs is 1. The summed E-state index contributed by atoms with van der Waals surface area (Å²) in [6, 6.07) is 4.98. The molecule has 0 aliphatic rings. The molecule has 2 aromatic rings. The Morgan fingerprint density at radius 3 is 2.85 bits per heavy atom. The smallest absolute Gasteiger partial charge is 0.332 e. The number of carbonyl (C=O) groups excluding carboxylic acids is 1. The van der Waals surface area contributed by atoms with Crippen molar-refractivity contribution < 1.29 is 14.3 Å². The first-order valence-electron chi connectivity index (χ1n) is 6.31. The maximum Gasteiger partial charge on any atom is 0.332 e. The predicted molar refractivity (Wildman–Crippen MR) is 73.3 cm³/mol. The summed E-state index contributed by atoms with van der Waals surface area (Å²) in [4.78, 5) is 27.6. The average molecular weight is 279 g/mol. The average Bonchev–Trinajstić information content (AvgIpc) is 2.77. The van der Waals surface area contributed by atoms with Crippen molar-refractivity contribution in [3.8, 4) is 0 Å². The second-order valence-electron chi connectivity index (χ2n) is 4.31. The van der Waals surface area contributed by atoms with Gasteiger partial charge in [-0.1, -0.05) is 6.07 Å². The lowest BCUT2D eigenvalue weighted by Gasteiger charge is -2.12. The van der Waals surface area contributed by atoms with Gasteiger partial charge in [-0.05, 0) is 24.6 Å². The molecule has 0 fully saturated rings. The lowest BCUT2D eigenvalue weighted by Crippen LogP contribution is -2.20. The van der Waals surface area contributed by atoms with Gasteiger partial charge in [0.15, 0.2) is 0 Å². The number of carbonyl (C=O) groups is 1. The van der Waals surface area contributed by atoms with Gasteiger partial charge in [-0.15, -0.1) is 0 Å². The first-order chi connectivity index (χ1) is 9.60. The molecule has 1 aromatic carbocycles. The van der Waals surface area contributed by atoms with E-state index in [0.29, 0.717) is 12.1 Å². The van der Waals surface area contributed by atoms with Crippen LogP contribution in [-0.2, 0) is 14.3 Å². The molecule has 0 radical (unpaired) electrons. The van der Waals surface area contributed by atoms with Crippen molar-refractivity contribution in [2.75, 3.05) is 19.8 Å². The Labute approximate surface area is 115 Å². The quantitative estimate of drug-likeness (QED) is 0.664. The second kappa shape index (κ2) is 6.36. The molecule has 4 N–H and O–H groups in total. The molecule has 108 valence electrons. The molecule has 1 unspecified atom stereocenters. The van der Waals surface area contributed by atoms with E-state index in [2.05, 4.69) is 9.97 Å². The fraction of sp³-hybridized carbons (Fsp3) is 0.385. The van der Waals surface area contributed by atoms with Crippen LogP contribution in [-0.4, -0.2) is 35.8 Å². The Balaban J connectivity index is 1.95. The van der Waals surface area contributed by atoms with Crippen molar-refractivity contribution in [3.05, 3.63) is 34.2 Å². The van der Waals surface area contributed by atoms with Gasteiger partial charge < -0.3 is 25.2 Å². The molecule has 7 nitrogen and oxygen atoms in total. The van der Waals surface area contributed by atoms with Crippen LogP contribution in [0.1, 0.15) is 18.5 Å². The summed E-state index contributed by atoms with van der Waals surface area (Å²) in [5.41, 5.74) is 7.94. The Hall–Kier alpha value is -2.12. The molecule has 20 heavy (non-hydrogen) atoms. The fourth-order valence-electron chi connectivity index (χ4n) is 1.85. The van der Waals surface area contributed by atoms with E-state index in [1.54, 1.807) is 19.1 Å². The molecule has 1 aromatic heterocycles. The van der Waals surface area contributed by atoms with Crippen LogP contribution in [0.15, 0.2) is 23.0 Å². The van der Waals surface area contributed by atoms with E-state index < -0.39 is 5.97 Å². The van der Waals surface area contributed by atoms with Crippen molar-refractivity contribution in [1.82, 2.24) is 9.97 Å². The summed E-state index contributed by atoms with van der Waals surface area (Å²) in [7, 11) is 0. The van der Waals surface area contributed by atoms with E-state index in [1.165, 1.54) is 0 Å². The minimum atomic E-state index is -0.412. The number of nitrogens with two attached hydrogens (primary N) is 1. The highest BCUT2D eigenvalue weighted by molar-refractivity contribution is 5.75. The zero-order valence-corrected chi connectivity index (χ0v) is 11.1. The molecule has 0 saturated heterocycles. The topological polar surface area (TPSA) is 110 Å². The highest BCUT2D eigenvalue weighted by Crippen LogP contribution is 2.15. The van der Waals surface area contributed by atoms with Gasteiger partial charge in [-0.3, -0.25) is 0 Å². The van der Waals surface area contributed by atoms with Crippen LogP contribution in [0.4, 0.5) is 0 Å². The maximum absolute atomic E-state index is 11.2. The third-order valence-electron chi connectivity index (χ3n) is 2.79. The van der Waals surface area contributed by atoms with Crippen LogP contribution in [0.3, 0.4) is 0 Å². The van der Waals surface area contributed by atoms with Gasteiger partial charge >= 0.3 is 11.7 Å². The monoisotopic (exact) mass is 279 g/mol. The molecule has 1 atom stereocenters. The van der Waals surface area contributed by atoms with Crippen molar-refractivity contribution >= 4 is 17.0 Å². The minimum Gasteiger partial charge on any atom is -0.464 e. The third kappa shape index (κ3) is 3.46. The van der Waals surface area contributed by atoms with Gasteiger partial charge in [0.05, 0.1) is 30.3 Å². The molecule has 7 heteroatoms. The summed E-state index contributed by atoms with van der Waals surface area (Å²) >= 11 is 0. The third-order valence-corrected chi connectivity index (χ3v) is 2.79. The summed E-state index contributed by atoms with van der Waals surface area (Å²) in [5.74, 6) is -0.412. The van der Waals surface area contributed by atoms with Gasteiger partial charge in [0.2, 0.25) is 0 Å². The van der Waals surface area contributed by atoms with Crippen LogP contribution in [0.5, 0.6) is 0 Å². The maximum atomic E-state index is 11.2. The molecular formula is C13H17N3O4. The van der Waals surface area contributed by atoms with E-state index in [9.17, 15) is 9.59 Å². The van der Waals surface area contributed by atoms with E-state index in [0.717, 1.165) is 11.1 Å². The number of nitrogens with one attached hydrogen (secondary N) is 2. The van der Waals surface area contributed by atoms with Gasteiger partial charge in [0.1, 0.15) is 6.61 Å². The van der Waals surface area contributed by atoms with Crippen molar-refractivity contribution in [2.24, 2.45) is 5.73 Å². The first-order valence-corrected chi connectivity index (χ1v) is 6.31. The number of ether oxygens (including phenoxy) is 2. The fourth-order valence-corrected chi connectivity index (χ4v) is 1.85. The minimum absolute atomic E-state index is 0.120. The number of hydrogen-bond donors (Lipinski definition) is 3. The molecule has 0 aliphatic heterocycles. The van der Waals surface area contributed by atoms with Crippen LogP contribution in [0, 0.1) is 0 Å². The van der Waals surface area contributed by atoms with Crippen molar-refractivity contribution in [3.63, 3.8) is 0 Å². The molecule has 0 saturated carbocycles. The van der Waals surface area contributed by atoms with Gasteiger partial charge in [0.25, 0.3) is 0 Å². The second-order valence-corrected chi connectivity index (χ2v) is 4.31. The zero-order valence-electron chi connectivity index (χ0n) is 11.1. The normalized spacial score (nSPS) is 12.5. The molecule has 0 aliphatic carbocycles. The summed E-state index contributed by atoms with van der Waals surface area (Å²) in [6.07, 6.45) is 0. The molecule has 0 spiro atoms. The lowest BCUT2D eigenvalue weighted by atomic mass is 10.1. The highest BCUT2D eigenvalue weighted by atomic mass is 16.6. The van der Waals surface area contributed by atoms with E-state index >= 15 is 0 Å². The summed E-state index contributed by atoms with van der Waals surface area (Å²) in [5, 5.41) is 0. The van der Waals surface area contributed by atoms with Gasteiger partial charge in [0, 0.05) is 0 Å². The Morgan fingerprint density at radius 1 is 1.35 bits per heavy atom. The number of aromatic amines is 2. The van der Waals surface area contributed by atoms with Crippen LogP contribution < -0.4 is 11.4 Å². The number of rotatable bonds is 6. The number of hydrogen-bond acceptors (Lipinski definition) is 5. The number of benzene rings is 1. The van der Waals surface area contributed by atoms with Crippen LogP contribution in [0.2, 0.25) is 0 Å². The largest absolute Gasteiger partial charge is 0.464 e. The molecule has 0 amide bonds. The predicted octanol–water partition coefficient (Wildman–Crippen LogP) is 0.436. The SMILES string of the molecule is CCOC(=O)COCC(N)c1ccc2[nH]c(=O)[nH]c2c1. The Bertz CT molecular complexity index is 646. The first kappa shape index (κ1) is 14.3. The standard InChI is InChI=1S/C13H17N3O4/c1-2-20-12(17)7-19-6-9(14)8-3-4-10-11(5-8)16-13(18)15-10/h3-5,9H,2,6-7,14H2,1H3,(H2,15,16,18). The summed E-state index contributed by atoms with van der Waals surface area (Å²) in [6.45, 7) is 2.13. The Kier molecular flexibility index (Phi) is 4.54. The highest BCUT2D eigenvalue weighted by Gasteiger charge is 2.10. The molecule has 1 heterocycles. The van der Waals surface area contributed by atoms with E-state index in [-0.39, 0.29) is 24.9 Å². The van der Waals surface area contributed by atoms with Gasteiger partial charge in [-0.25, -0.2) is 9.59 Å². The van der Waals surface area contributed by atoms with Crippen molar-refractivity contribution in [1.29, 1.82) is 0 Å². The number of H-pyrrole nitrogens is 2. The van der Waals surface area contributed by atoms with Crippen molar-refractivity contribution in [2.45, 2.75) is 13.0 Å². The lowest BCUT2D eigenvalue weighted by molar-refractivity contribution is -0.148. The molecule has 2 rings (SSSR count). The number of imidazole rings is 1. The van der Waals surface area contributed by atoms with E-state index in [1.807, 2.05) is 6.07 Å². The number of esters is 1. The Morgan fingerprint density at radius 2 is 2.10 bits per heavy atom. The number of aromatic nitrogens is 2. The van der Waals surface area contributed by atoms with Gasteiger partial charge in [-0.2, -0.15) is 0 Å².